The number of nitrogens with zero attached hydrogens (tertiary/aromatic N) is 5. The van der Waals surface area contributed by atoms with Crippen molar-refractivity contribution in [2.45, 2.75) is 0 Å². The van der Waals surface area contributed by atoms with Crippen LogP contribution in [0.2, 0.25) is 0 Å². The van der Waals surface area contributed by atoms with E-state index in [0.717, 1.165) is 50.3 Å². The maximum Gasteiger partial charge on any atom is 0.164 e. The van der Waals surface area contributed by atoms with Gasteiger partial charge in [0.2, 0.25) is 0 Å². The zero-order valence-corrected chi connectivity index (χ0v) is 30.3. The van der Waals surface area contributed by atoms with Gasteiger partial charge in [0.05, 0.1) is 11.4 Å². The third kappa shape index (κ3) is 6.37. The van der Waals surface area contributed by atoms with Gasteiger partial charge in [-0.15, -0.1) is 0 Å². The van der Waals surface area contributed by atoms with Gasteiger partial charge in [0.25, 0.3) is 0 Å². The monoisotopic (exact) mass is 715 g/mol. The minimum absolute atomic E-state index is 0.566. The molecular weight excluding hydrogens is 683 g/mol. The van der Waals surface area contributed by atoms with Crippen molar-refractivity contribution in [2.24, 2.45) is 0 Å². The molecule has 0 radical (unpaired) electrons. The van der Waals surface area contributed by atoms with Crippen LogP contribution in [0.1, 0.15) is 0 Å². The van der Waals surface area contributed by atoms with Crippen LogP contribution in [0.3, 0.4) is 0 Å². The Balaban J connectivity index is 1.12. The van der Waals surface area contributed by atoms with Gasteiger partial charge in [-0.25, -0.2) is 15.0 Å². The summed E-state index contributed by atoms with van der Waals surface area (Å²) in [5.41, 5.74) is 10.9. The molecule has 0 spiro atoms. The molecule has 5 nitrogen and oxygen atoms in total. The molecule has 262 valence electrons. The van der Waals surface area contributed by atoms with Gasteiger partial charge in [-0.1, -0.05) is 146 Å². The highest BCUT2D eigenvalue weighted by atomic mass is 15.0. The second kappa shape index (κ2) is 14.3. The van der Waals surface area contributed by atoms with Crippen LogP contribution in [-0.2, 0) is 0 Å². The highest BCUT2D eigenvalue weighted by Gasteiger charge is 2.16. The van der Waals surface area contributed by atoms with Crippen LogP contribution < -0.4 is 0 Å². The van der Waals surface area contributed by atoms with Gasteiger partial charge in [-0.2, -0.15) is 0 Å². The molecule has 0 saturated heterocycles. The van der Waals surface area contributed by atoms with Crippen molar-refractivity contribution in [3.05, 3.63) is 200 Å². The average molecular weight is 716 g/mol. The zero-order valence-electron chi connectivity index (χ0n) is 30.3. The Hall–Kier alpha value is -7.63. The van der Waals surface area contributed by atoms with E-state index in [4.69, 9.17) is 15.0 Å². The van der Waals surface area contributed by atoms with Gasteiger partial charge in [0.15, 0.2) is 17.5 Å². The van der Waals surface area contributed by atoms with Crippen molar-refractivity contribution in [3.8, 4) is 78.9 Å². The predicted octanol–water partition coefficient (Wildman–Crippen LogP) is 12.6. The lowest BCUT2D eigenvalue weighted by Gasteiger charge is -2.13. The van der Waals surface area contributed by atoms with Crippen LogP contribution >= 0.6 is 0 Å². The van der Waals surface area contributed by atoms with Gasteiger partial charge in [0, 0.05) is 40.2 Å². The normalized spacial score (nSPS) is 11.2. The number of pyridine rings is 2. The first-order valence-corrected chi connectivity index (χ1v) is 18.7. The molecular formula is C51H33N5. The fraction of sp³-hybridized carbons (Fsp3) is 0. The van der Waals surface area contributed by atoms with E-state index >= 15 is 0 Å². The summed E-state index contributed by atoms with van der Waals surface area (Å²) >= 11 is 0. The first kappa shape index (κ1) is 33.0. The third-order valence-electron chi connectivity index (χ3n) is 10.2. The minimum atomic E-state index is 0.566. The predicted molar refractivity (Wildman–Crippen MR) is 228 cm³/mol. The summed E-state index contributed by atoms with van der Waals surface area (Å²) in [7, 11) is 0. The smallest absolute Gasteiger partial charge is 0.164 e. The number of hydrogen-bond donors (Lipinski definition) is 0. The molecule has 3 heterocycles. The van der Waals surface area contributed by atoms with Crippen LogP contribution in [0.4, 0.5) is 0 Å². The molecule has 0 aliphatic rings. The molecule has 0 unspecified atom stereocenters. The zero-order chi connectivity index (χ0) is 37.3. The summed E-state index contributed by atoms with van der Waals surface area (Å²) in [5.74, 6) is 1.75. The van der Waals surface area contributed by atoms with Crippen molar-refractivity contribution in [1.29, 1.82) is 0 Å². The van der Waals surface area contributed by atoms with Gasteiger partial charge < -0.3 is 0 Å². The highest BCUT2D eigenvalue weighted by molar-refractivity contribution is 5.98. The van der Waals surface area contributed by atoms with Crippen LogP contribution in [0.15, 0.2) is 200 Å². The number of benzene rings is 7. The second-order valence-electron chi connectivity index (χ2n) is 13.7. The van der Waals surface area contributed by atoms with Crippen LogP contribution in [0.25, 0.3) is 100 Å². The van der Waals surface area contributed by atoms with Crippen molar-refractivity contribution >= 4 is 21.5 Å². The van der Waals surface area contributed by atoms with E-state index < -0.39 is 0 Å². The quantitative estimate of drug-likeness (QED) is 0.164. The van der Waals surface area contributed by atoms with E-state index in [0.29, 0.717) is 17.5 Å². The Labute approximate surface area is 324 Å². The van der Waals surface area contributed by atoms with Gasteiger partial charge in [-0.3, -0.25) is 9.97 Å². The fourth-order valence-electron chi connectivity index (χ4n) is 7.43. The van der Waals surface area contributed by atoms with Crippen molar-refractivity contribution in [3.63, 3.8) is 0 Å². The first-order valence-electron chi connectivity index (χ1n) is 18.7. The molecule has 10 aromatic rings. The molecule has 0 aliphatic carbocycles. The van der Waals surface area contributed by atoms with E-state index in [1.807, 2.05) is 48.8 Å². The molecule has 10 rings (SSSR count). The van der Waals surface area contributed by atoms with Crippen LogP contribution in [0.5, 0.6) is 0 Å². The molecule has 3 aromatic heterocycles. The molecule has 0 fully saturated rings. The lowest BCUT2D eigenvalue weighted by Crippen LogP contribution is -2.01. The molecule has 56 heavy (non-hydrogen) atoms. The van der Waals surface area contributed by atoms with Crippen molar-refractivity contribution in [2.75, 3.05) is 0 Å². The van der Waals surface area contributed by atoms with Crippen molar-refractivity contribution in [1.82, 2.24) is 24.9 Å². The SMILES string of the molecule is c1ccc(-c2cc(-c3ccccn3)cc(-c3nc(-c4ccc(-c5cccc6ccccc56)cc4)nc(-c4ccc(-c5cccc6ccccc56)cc4)n3)c2)nc1. The van der Waals surface area contributed by atoms with Gasteiger partial charge >= 0.3 is 0 Å². The van der Waals surface area contributed by atoms with E-state index in [1.165, 1.54) is 32.7 Å². The molecule has 7 aromatic carbocycles. The molecule has 0 bridgehead atoms. The third-order valence-corrected chi connectivity index (χ3v) is 10.2. The highest BCUT2D eigenvalue weighted by Crippen LogP contribution is 2.35. The molecule has 0 atom stereocenters. The average Bonchev–Trinajstić information content (AvgIpc) is 3.29. The number of hydrogen-bond acceptors (Lipinski definition) is 5. The Bertz CT molecular complexity index is 2790. The standard InChI is InChI=1S/C51H33N5/c1-3-15-43-34(11-1)13-9-17-45(43)36-21-25-38(26-22-36)49-54-50(39-27-23-37(24-28-39)46-18-10-14-35-12-2-4-16-44(35)46)56-51(55-49)42-32-40(47-19-5-7-29-52-47)31-41(33-42)48-20-6-8-30-53-48/h1-33H. The van der Waals surface area contributed by atoms with Gasteiger partial charge in [-0.05, 0) is 86.3 Å². The summed E-state index contributed by atoms with van der Waals surface area (Å²) in [4.78, 5) is 24.8. The van der Waals surface area contributed by atoms with E-state index in [1.54, 1.807) is 0 Å². The van der Waals surface area contributed by atoms with E-state index in [2.05, 4.69) is 162 Å². The van der Waals surface area contributed by atoms with Crippen LogP contribution in [-0.4, -0.2) is 24.9 Å². The largest absolute Gasteiger partial charge is 0.256 e. The lowest BCUT2D eigenvalue weighted by molar-refractivity contribution is 1.07. The van der Waals surface area contributed by atoms with Crippen LogP contribution in [0, 0.1) is 0 Å². The lowest BCUT2D eigenvalue weighted by atomic mass is 9.97. The van der Waals surface area contributed by atoms with Gasteiger partial charge in [0.1, 0.15) is 0 Å². The summed E-state index contributed by atoms with van der Waals surface area (Å²) in [6, 6.07) is 65.1. The summed E-state index contributed by atoms with van der Waals surface area (Å²) in [5, 5.41) is 4.86. The number of fused-ring (bicyclic) bond motifs is 2. The molecule has 0 saturated carbocycles. The summed E-state index contributed by atoms with van der Waals surface area (Å²) < 4.78 is 0. The second-order valence-corrected chi connectivity index (χ2v) is 13.7. The Morgan fingerprint density at radius 2 is 0.643 bits per heavy atom. The number of aromatic nitrogens is 5. The van der Waals surface area contributed by atoms with E-state index in [9.17, 15) is 0 Å². The van der Waals surface area contributed by atoms with Crippen molar-refractivity contribution < 1.29 is 0 Å². The summed E-state index contributed by atoms with van der Waals surface area (Å²) in [6.45, 7) is 0. The van der Waals surface area contributed by atoms with E-state index in [-0.39, 0.29) is 0 Å². The molecule has 0 N–H and O–H groups in total. The summed E-state index contributed by atoms with van der Waals surface area (Å²) in [6.07, 6.45) is 3.62. The fourth-order valence-corrected chi connectivity index (χ4v) is 7.43. The molecule has 5 heteroatoms. The number of rotatable bonds is 7. The maximum atomic E-state index is 5.16. The first-order chi connectivity index (χ1) is 27.7. The molecule has 0 amide bonds. The maximum absolute atomic E-state index is 5.16. The Morgan fingerprint density at radius 3 is 1.09 bits per heavy atom. The Morgan fingerprint density at radius 1 is 0.268 bits per heavy atom. The Kier molecular flexibility index (Phi) is 8.43. The minimum Gasteiger partial charge on any atom is -0.256 e. The molecule has 0 aliphatic heterocycles. The topological polar surface area (TPSA) is 64.5 Å².